The molecule has 3 aromatic rings. The molecular formula is C15H16N4. The smallest absolute Gasteiger partial charge is 0.107 e. The summed E-state index contributed by atoms with van der Waals surface area (Å²) in [6, 6.07) is 13.7. The minimum atomic E-state index is 0.751. The molecule has 0 unspecified atom stereocenters. The zero-order valence-electron chi connectivity index (χ0n) is 10.6. The van der Waals surface area contributed by atoms with E-state index in [0.717, 1.165) is 41.1 Å². The van der Waals surface area contributed by atoms with Gasteiger partial charge in [-0.1, -0.05) is 12.1 Å². The number of hydrogen-bond donors (Lipinski definition) is 3. The Morgan fingerprint density at radius 3 is 2.42 bits per heavy atom. The molecular weight excluding hydrogens is 236 g/mol. The number of nitrogen functional groups attached to an aromatic ring is 2. The number of aromatic nitrogens is 2. The molecule has 0 aliphatic heterocycles. The molecule has 2 aromatic carbocycles. The van der Waals surface area contributed by atoms with Crippen molar-refractivity contribution in [3.8, 4) is 0 Å². The van der Waals surface area contributed by atoms with E-state index in [4.69, 9.17) is 11.5 Å². The van der Waals surface area contributed by atoms with Crippen molar-refractivity contribution < 1.29 is 0 Å². The van der Waals surface area contributed by atoms with Crippen LogP contribution in [0.2, 0.25) is 0 Å². The van der Waals surface area contributed by atoms with Crippen LogP contribution in [-0.2, 0) is 12.8 Å². The highest BCUT2D eigenvalue weighted by molar-refractivity contribution is 5.78. The average Bonchev–Trinajstić information content (AvgIpc) is 2.80. The van der Waals surface area contributed by atoms with E-state index in [1.54, 1.807) is 0 Å². The molecule has 0 aliphatic carbocycles. The third-order valence-electron chi connectivity index (χ3n) is 3.19. The van der Waals surface area contributed by atoms with E-state index in [1.807, 2.05) is 30.3 Å². The van der Waals surface area contributed by atoms with Crippen LogP contribution in [0.15, 0.2) is 42.5 Å². The molecule has 1 heterocycles. The Morgan fingerprint density at radius 2 is 1.63 bits per heavy atom. The van der Waals surface area contributed by atoms with Gasteiger partial charge in [-0.15, -0.1) is 0 Å². The lowest BCUT2D eigenvalue weighted by atomic mass is 10.1. The van der Waals surface area contributed by atoms with Crippen LogP contribution in [0, 0.1) is 0 Å². The monoisotopic (exact) mass is 252 g/mol. The first-order chi connectivity index (χ1) is 9.20. The predicted octanol–water partition coefficient (Wildman–Crippen LogP) is 2.51. The van der Waals surface area contributed by atoms with E-state index >= 15 is 0 Å². The van der Waals surface area contributed by atoms with E-state index in [9.17, 15) is 0 Å². The molecule has 4 heteroatoms. The number of hydrogen-bond acceptors (Lipinski definition) is 3. The molecule has 0 aliphatic rings. The summed E-state index contributed by atoms with van der Waals surface area (Å²) in [7, 11) is 0. The van der Waals surface area contributed by atoms with Crippen molar-refractivity contribution in [2.45, 2.75) is 12.8 Å². The van der Waals surface area contributed by atoms with E-state index < -0.39 is 0 Å². The number of aromatic amines is 1. The van der Waals surface area contributed by atoms with Gasteiger partial charge in [0.15, 0.2) is 0 Å². The van der Waals surface area contributed by atoms with Gasteiger partial charge in [-0.25, -0.2) is 4.98 Å². The van der Waals surface area contributed by atoms with Crippen LogP contribution < -0.4 is 11.5 Å². The number of nitrogens with two attached hydrogens (primary N) is 2. The number of fused-ring (bicyclic) bond motifs is 1. The van der Waals surface area contributed by atoms with Crippen LogP contribution in [0.4, 0.5) is 11.4 Å². The van der Waals surface area contributed by atoms with Crippen LogP contribution in [0.25, 0.3) is 11.0 Å². The van der Waals surface area contributed by atoms with Gasteiger partial charge in [0, 0.05) is 17.8 Å². The van der Waals surface area contributed by atoms with Crippen molar-refractivity contribution in [1.29, 1.82) is 0 Å². The van der Waals surface area contributed by atoms with Crippen molar-refractivity contribution >= 4 is 22.4 Å². The second-order valence-corrected chi connectivity index (χ2v) is 4.70. The van der Waals surface area contributed by atoms with Gasteiger partial charge >= 0.3 is 0 Å². The third-order valence-corrected chi connectivity index (χ3v) is 3.19. The van der Waals surface area contributed by atoms with Gasteiger partial charge in [-0.05, 0) is 42.3 Å². The molecule has 0 amide bonds. The van der Waals surface area contributed by atoms with Crippen molar-refractivity contribution in [3.63, 3.8) is 0 Å². The largest absolute Gasteiger partial charge is 0.399 e. The van der Waals surface area contributed by atoms with Gasteiger partial charge < -0.3 is 16.5 Å². The van der Waals surface area contributed by atoms with Gasteiger partial charge in [0.1, 0.15) is 5.82 Å². The number of imidazole rings is 1. The molecule has 0 saturated carbocycles. The Hall–Kier alpha value is -2.49. The molecule has 4 nitrogen and oxygen atoms in total. The summed E-state index contributed by atoms with van der Waals surface area (Å²) in [4.78, 5) is 7.85. The Balaban J connectivity index is 1.76. The number of rotatable bonds is 3. The minimum Gasteiger partial charge on any atom is -0.399 e. The molecule has 0 fully saturated rings. The SMILES string of the molecule is Nc1ccc(CCc2nc3ccc(N)cc3[nH]2)cc1. The lowest BCUT2D eigenvalue weighted by Gasteiger charge is -1.99. The summed E-state index contributed by atoms with van der Waals surface area (Å²) < 4.78 is 0. The average molecular weight is 252 g/mol. The van der Waals surface area contributed by atoms with Crippen molar-refractivity contribution in [1.82, 2.24) is 9.97 Å². The lowest BCUT2D eigenvalue weighted by Crippen LogP contribution is -1.94. The highest BCUT2D eigenvalue weighted by Crippen LogP contribution is 2.16. The maximum atomic E-state index is 5.75. The molecule has 19 heavy (non-hydrogen) atoms. The van der Waals surface area contributed by atoms with E-state index in [1.165, 1.54) is 5.56 Å². The quantitative estimate of drug-likeness (QED) is 0.626. The molecule has 5 N–H and O–H groups in total. The number of H-pyrrole nitrogens is 1. The van der Waals surface area contributed by atoms with Crippen LogP contribution in [0.5, 0.6) is 0 Å². The first-order valence-corrected chi connectivity index (χ1v) is 6.29. The normalized spacial score (nSPS) is 10.9. The summed E-state index contributed by atoms with van der Waals surface area (Å²) in [5.74, 6) is 0.984. The Morgan fingerprint density at radius 1 is 0.895 bits per heavy atom. The van der Waals surface area contributed by atoms with Crippen molar-refractivity contribution in [2.75, 3.05) is 11.5 Å². The Labute approximate surface area is 111 Å². The van der Waals surface area contributed by atoms with Gasteiger partial charge in [0.2, 0.25) is 0 Å². The van der Waals surface area contributed by atoms with Crippen molar-refractivity contribution in [2.24, 2.45) is 0 Å². The van der Waals surface area contributed by atoms with Gasteiger partial charge in [0.05, 0.1) is 11.0 Å². The third kappa shape index (κ3) is 2.52. The van der Waals surface area contributed by atoms with Crippen molar-refractivity contribution in [3.05, 3.63) is 53.9 Å². The number of benzene rings is 2. The molecule has 0 spiro atoms. The topological polar surface area (TPSA) is 80.7 Å². The maximum Gasteiger partial charge on any atom is 0.107 e. The summed E-state index contributed by atoms with van der Waals surface area (Å²) in [5, 5.41) is 0. The lowest BCUT2D eigenvalue weighted by molar-refractivity contribution is 0.890. The first kappa shape index (κ1) is 11.6. The Bertz CT molecular complexity index is 698. The summed E-state index contributed by atoms with van der Waals surface area (Å²) >= 11 is 0. The zero-order chi connectivity index (χ0) is 13.2. The fraction of sp³-hybridized carbons (Fsp3) is 0.133. The van der Waals surface area contributed by atoms with E-state index in [2.05, 4.69) is 22.1 Å². The number of nitrogens with zero attached hydrogens (tertiary/aromatic N) is 1. The highest BCUT2D eigenvalue weighted by Gasteiger charge is 2.03. The number of aryl methyl sites for hydroxylation is 2. The zero-order valence-corrected chi connectivity index (χ0v) is 10.6. The molecule has 0 atom stereocenters. The number of anilines is 2. The van der Waals surface area contributed by atoms with Crippen LogP contribution >= 0.6 is 0 Å². The summed E-state index contributed by atoms with van der Waals surface area (Å²) in [6.45, 7) is 0. The van der Waals surface area contributed by atoms with E-state index in [0.29, 0.717) is 0 Å². The standard InChI is InChI=1S/C15H16N4/c16-11-4-1-10(2-5-11)3-8-15-18-13-7-6-12(17)9-14(13)19-15/h1-2,4-7,9H,3,8,16-17H2,(H,18,19). The second-order valence-electron chi connectivity index (χ2n) is 4.70. The minimum absolute atomic E-state index is 0.751. The van der Waals surface area contributed by atoms with Crippen LogP contribution in [-0.4, -0.2) is 9.97 Å². The fourth-order valence-corrected chi connectivity index (χ4v) is 2.15. The predicted molar refractivity (Wildman–Crippen MR) is 78.8 cm³/mol. The van der Waals surface area contributed by atoms with Gasteiger partial charge in [-0.2, -0.15) is 0 Å². The van der Waals surface area contributed by atoms with Gasteiger partial charge in [0.25, 0.3) is 0 Å². The summed E-state index contributed by atoms with van der Waals surface area (Å²) in [5.41, 5.74) is 16.2. The molecule has 1 aromatic heterocycles. The van der Waals surface area contributed by atoms with E-state index in [-0.39, 0.29) is 0 Å². The molecule has 3 rings (SSSR count). The molecule has 0 bridgehead atoms. The maximum absolute atomic E-state index is 5.75. The number of nitrogens with one attached hydrogen (secondary N) is 1. The van der Waals surface area contributed by atoms with Gasteiger partial charge in [-0.3, -0.25) is 0 Å². The van der Waals surface area contributed by atoms with Crippen LogP contribution in [0.3, 0.4) is 0 Å². The molecule has 0 radical (unpaired) electrons. The summed E-state index contributed by atoms with van der Waals surface area (Å²) in [6.07, 6.45) is 1.81. The first-order valence-electron chi connectivity index (χ1n) is 6.29. The second kappa shape index (κ2) is 4.65. The highest BCUT2D eigenvalue weighted by atomic mass is 14.9. The fourth-order valence-electron chi connectivity index (χ4n) is 2.15. The van der Waals surface area contributed by atoms with Crippen LogP contribution in [0.1, 0.15) is 11.4 Å². The molecule has 0 saturated heterocycles. The Kier molecular flexibility index (Phi) is 2.83. The molecule has 96 valence electrons.